The number of aromatic hydroxyl groups is 2. The summed E-state index contributed by atoms with van der Waals surface area (Å²) in [6.45, 7) is 2.98. The molecule has 2 amide bonds. The Hall–Kier alpha value is -5.65. The van der Waals surface area contributed by atoms with Crippen molar-refractivity contribution < 1.29 is 49.0 Å². The SMILES string of the molecule is CC(C)(O/N=C(\C(=O)N[C@@H]1C(=O)N2C(C(=O)O)=C(/C=C/c3ccc(C[n+]4ccc5c(Cl)c(O)c(O)cc5c4)cc3)CS[C@H]12)c1csc(N)n1)C(=O)O. The van der Waals surface area contributed by atoms with Crippen LogP contribution in [0, 0.1) is 0 Å². The second-order valence-corrected chi connectivity index (χ2v) is 14.6. The number of phenolic OH excluding ortho intramolecular Hbond substituents is 2. The zero-order chi connectivity index (χ0) is 37.5. The number of nitrogen functional groups attached to an aromatic ring is 1. The maximum Gasteiger partial charge on any atom is 0.352 e. The monoisotopic (exact) mass is 765 g/mol. The summed E-state index contributed by atoms with van der Waals surface area (Å²) in [5.74, 6) is -4.63. The highest BCUT2D eigenvalue weighted by molar-refractivity contribution is 8.00. The second kappa shape index (κ2) is 14.2. The summed E-state index contributed by atoms with van der Waals surface area (Å²) < 4.78 is 1.90. The number of aromatic nitrogens is 2. The van der Waals surface area contributed by atoms with Crippen molar-refractivity contribution in [3.05, 3.63) is 93.4 Å². The van der Waals surface area contributed by atoms with Crippen LogP contribution < -0.4 is 15.6 Å². The van der Waals surface area contributed by atoms with Crippen molar-refractivity contribution in [1.82, 2.24) is 15.2 Å². The number of hydrogen-bond donors (Lipinski definition) is 6. The molecule has 2 aromatic heterocycles. The first-order valence-corrected chi connectivity index (χ1v) is 17.7. The van der Waals surface area contributed by atoms with Gasteiger partial charge < -0.3 is 36.3 Å². The third kappa shape index (κ3) is 7.10. The highest BCUT2D eigenvalue weighted by Crippen LogP contribution is 2.41. The first kappa shape index (κ1) is 36.2. The number of allylic oxidation sites excluding steroid dienone is 1. The van der Waals surface area contributed by atoms with E-state index >= 15 is 0 Å². The Morgan fingerprint density at radius 3 is 2.58 bits per heavy atom. The van der Waals surface area contributed by atoms with E-state index in [-0.39, 0.29) is 38.8 Å². The topological polar surface area (TPSA) is 229 Å². The molecule has 4 heterocycles. The number of benzene rings is 2. The van der Waals surface area contributed by atoms with E-state index in [2.05, 4.69) is 15.5 Å². The van der Waals surface area contributed by atoms with Gasteiger partial charge in [-0.15, -0.1) is 23.1 Å². The van der Waals surface area contributed by atoms with Crippen LogP contribution in [0.4, 0.5) is 5.13 Å². The predicted octanol–water partition coefficient (Wildman–Crippen LogP) is 3.31. The average molecular weight is 766 g/mol. The van der Waals surface area contributed by atoms with Crippen LogP contribution in [0.5, 0.6) is 11.5 Å². The summed E-state index contributed by atoms with van der Waals surface area (Å²) in [6.07, 6.45) is 6.99. The minimum atomic E-state index is -1.78. The number of rotatable bonds is 11. The van der Waals surface area contributed by atoms with Gasteiger partial charge in [-0.2, -0.15) is 0 Å². The summed E-state index contributed by atoms with van der Waals surface area (Å²) >= 11 is 8.44. The number of carboxylic acids is 2. The van der Waals surface area contributed by atoms with Gasteiger partial charge in [0.15, 0.2) is 41.3 Å². The van der Waals surface area contributed by atoms with Crippen LogP contribution in [0.3, 0.4) is 0 Å². The fraction of sp³-hybridized carbons (Fsp3) is 0.206. The van der Waals surface area contributed by atoms with Crippen molar-refractivity contribution in [2.24, 2.45) is 5.16 Å². The number of nitrogens with two attached hydrogens (primary N) is 1. The molecule has 2 aliphatic rings. The van der Waals surface area contributed by atoms with Crippen molar-refractivity contribution >= 4 is 86.1 Å². The number of carbonyl (C=O) groups excluding carboxylic acids is 2. The number of oxime groups is 1. The molecule has 18 heteroatoms. The largest absolute Gasteiger partial charge is 0.504 e. The molecule has 52 heavy (non-hydrogen) atoms. The van der Waals surface area contributed by atoms with E-state index in [0.717, 1.165) is 27.4 Å². The highest BCUT2D eigenvalue weighted by atomic mass is 35.5. The van der Waals surface area contributed by atoms with Crippen LogP contribution in [0.1, 0.15) is 30.7 Å². The quantitative estimate of drug-likeness (QED) is 0.0425. The van der Waals surface area contributed by atoms with Crippen LogP contribution in [0.15, 0.2) is 76.7 Å². The molecule has 2 atom stereocenters. The van der Waals surface area contributed by atoms with E-state index in [0.29, 0.717) is 22.9 Å². The van der Waals surface area contributed by atoms with Gasteiger partial charge in [0.1, 0.15) is 22.8 Å². The third-order valence-electron chi connectivity index (χ3n) is 8.20. The molecule has 2 aromatic carbocycles. The van der Waals surface area contributed by atoms with Gasteiger partial charge in [-0.1, -0.05) is 53.2 Å². The van der Waals surface area contributed by atoms with Gasteiger partial charge in [0.2, 0.25) is 5.60 Å². The number of amides is 2. The molecule has 0 radical (unpaired) electrons. The molecule has 0 unspecified atom stereocenters. The second-order valence-electron chi connectivity index (χ2n) is 12.2. The van der Waals surface area contributed by atoms with Gasteiger partial charge in [0, 0.05) is 28.1 Å². The molecular formula is C34H30ClN6O9S2+. The summed E-state index contributed by atoms with van der Waals surface area (Å²) in [7, 11) is 0. The number of halogens is 1. The molecule has 0 bridgehead atoms. The van der Waals surface area contributed by atoms with E-state index in [4.69, 9.17) is 22.2 Å². The summed E-state index contributed by atoms with van der Waals surface area (Å²) in [4.78, 5) is 60.8. The van der Waals surface area contributed by atoms with Crippen LogP contribution in [0.2, 0.25) is 5.02 Å². The lowest BCUT2D eigenvalue weighted by Crippen LogP contribution is -2.71. The van der Waals surface area contributed by atoms with Gasteiger partial charge in [-0.3, -0.25) is 14.5 Å². The zero-order valence-corrected chi connectivity index (χ0v) is 29.7. The van der Waals surface area contributed by atoms with Gasteiger partial charge in [0.25, 0.3) is 11.8 Å². The lowest BCUT2D eigenvalue weighted by Gasteiger charge is -2.49. The normalized spacial score (nSPS) is 17.6. The smallest absolute Gasteiger partial charge is 0.352 e. The highest BCUT2D eigenvalue weighted by Gasteiger charge is 2.54. The van der Waals surface area contributed by atoms with E-state index in [9.17, 15) is 39.6 Å². The van der Waals surface area contributed by atoms with E-state index in [1.807, 2.05) is 28.8 Å². The minimum absolute atomic E-state index is 0.00791. The molecular weight excluding hydrogens is 736 g/mol. The minimum Gasteiger partial charge on any atom is -0.504 e. The molecule has 0 spiro atoms. The number of phenols is 2. The third-order valence-corrected chi connectivity index (χ3v) is 10.6. The van der Waals surface area contributed by atoms with Crippen molar-refractivity contribution in [3.63, 3.8) is 0 Å². The zero-order valence-electron chi connectivity index (χ0n) is 27.3. The molecule has 0 aliphatic carbocycles. The maximum atomic E-state index is 13.3. The molecule has 7 N–H and O–H groups in total. The van der Waals surface area contributed by atoms with Gasteiger partial charge >= 0.3 is 11.9 Å². The van der Waals surface area contributed by atoms with Gasteiger partial charge in [-0.25, -0.2) is 19.1 Å². The molecule has 0 saturated carbocycles. The Balaban J connectivity index is 1.15. The Bertz CT molecular complexity index is 2240. The molecule has 15 nitrogen and oxygen atoms in total. The number of fused-ring (bicyclic) bond motifs is 2. The first-order valence-electron chi connectivity index (χ1n) is 15.4. The van der Waals surface area contributed by atoms with E-state index in [1.165, 1.54) is 37.1 Å². The number of aliphatic carboxylic acids is 2. The lowest BCUT2D eigenvalue weighted by atomic mass is 10.0. The maximum absolute atomic E-state index is 13.3. The van der Waals surface area contributed by atoms with Gasteiger partial charge in [0.05, 0.1) is 10.4 Å². The lowest BCUT2D eigenvalue weighted by molar-refractivity contribution is -0.687. The number of nitrogens with one attached hydrogen (secondary N) is 1. The fourth-order valence-corrected chi connectivity index (χ4v) is 7.48. The van der Waals surface area contributed by atoms with Crippen molar-refractivity contribution in [1.29, 1.82) is 0 Å². The number of carboxylic acid groups (broad SMARTS) is 2. The van der Waals surface area contributed by atoms with E-state index in [1.54, 1.807) is 30.6 Å². The Labute approximate surface area is 308 Å². The average Bonchev–Trinajstić information content (AvgIpc) is 3.54. The number of anilines is 1. The van der Waals surface area contributed by atoms with Gasteiger partial charge in [-0.05, 0) is 31.1 Å². The summed E-state index contributed by atoms with van der Waals surface area (Å²) in [5.41, 5.74) is 5.48. The van der Waals surface area contributed by atoms with Crippen LogP contribution in [0.25, 0.3) is 16.8 Å². The number of hydrogen-bond acceptors (Lipinski definition) is 12. The standard InChI is InChI=1S/C34H29ClN6O9S2/c1-34(2,32(48)49)50-39-24(21-15-52-33(36)37-21)28(44)38-25-29(45)41-26(31(46)47)18(14-51-30(25)41)8-7-16-3-5-17(6-4-16)12-40-10-9-20-19(13-40)11-22(42)27(43)23(20)35/h3-11,13,15,25,30H,12,14H2,1-2H3,(H6,36,37,38,42,44,46,47,48,49)/p+1/b8-7+,39-24-/t25-,30-/m1/s1. The number of pyridine rings is 1. The Kier molecular flexibility index (Phi) is 9.85. The predicted molar refractivity (Wildman–Crippen MR) is 193 cm³/mol. The van der Waals surface area contributed by atoms with Crippen molar-refractivity contribution in [2.75, 3.05) is 11.5 Å². The number of nitrogens with zero attached hydrogens (tertiary/aromatic N) is 4. The number of thiazole rings is 1. The summed E-state index contributed by atoms with van der Waals surface area (Å²) in [5, 5.41) is 47.8. The van der Waals surface area contributed by atoms with Crippen molar-refractivity contribution in [3.8, 4) is 11.5 Å². The molecule has 4 aromatic rings. The number of carbonyl (C=O) groups is 4. The molecule has 2 aliphatic heterocycles. The molecule has 1 fully saturated rings. The molecule has 6 rings (SSSR count). The number of thioether (sulfide) groups is 1. The Morgan fingerprint density at radius 2 is 1.92 bits per heavy atom. The molecule has 268 valence electrons. The fourth-order valence-electron chi connectivity index (χ4n) is 5.35. The number of β-lactam (4-membered cyclic amide) rings is 1. The first-order chi connectivity index (χ1) is 24.6. The Morgan fingerprint density at radius 1 is 1.19 bits per heavy atom. The molecule has 1 saturated heterocycles. The van der Waals surface area contributed by atoms with Crippen LogP contribution in [-0.4, -0.2) is 82.5 Å². The van der Waals surface area contributed by atoms with Crippen LogP contribution >= 0.6 is 34.7 Å². The van der Waals surface area contributed by atoms with Crippen LogP contribution in [-0.2, 0) is 30.6 Å². The summed E-state index contributed by atoms with van der Waals surface area (Å²) in [6, 6.07) is 9.63. The van der Waals surface area contributed by atoms with E-state index < -0.39 is 46.5 Å². The van der Waals surface area contributed by atoms with Crippen molar-refractivity contribution in [2.45, 2.75) is 37.4 Å².